The van der Waals surface area contributed by atoms with Crippen molar-refractivity contribution in [1.82, 2.24) is 4.90 Å². The van der Waals surface area contributed by atoms with Gasteiger partial charge in [-0.2, -0.15) is 0 Å². The molecule has 0 bridgehead atoms. The number of amides is 2. The fraction of sp³-hybridized carbons (Fsp3) is 0.250. The predicted molar refractivity (Wildman–Crippen MR) is 122 cm³/mol. The molecule has 0 radical (unpaired) electrons. The highest BCUT2D eigenvalue weighted by atomic mass is 32.1. The molecule has 1 saturated heterocycles. The molecule has 0 spiro atoms. The second-order valence-corrected chi connectivity index (χ2v) is 8.46. The summed E-state index contributed by atoms with van der Waals surface area (Å²) in [7, 11) is 0. The molecule has 1 aromatic heterocycles. The summed E-state index contributed by atoms with van der Waals surface area (Å²) in [5.41, 5.74) is 4.14. The normalized spacial score (nSPS) is 13.9. The minimum absolute atomic E-state index is 0.0847. The van der Waals surface area contributed by atoms with E-state index >= 15 is 0 Å². The van der Waals surface area contributed by atoms with Crippen LogP contribution in [0.3, 0.4) is 0 Å². The van der Waals surface area contributed by atoms with Crippen LogP contribution < -0.4 is 10.2 Å². The maximum absolute atomic E-state index is 12.6. The Balaban J connectivity index is 1.29. The Morgan fingerprint density at radius 2 is 1.73 bits per heavy atom. The first-order chi connectivity index (χ1) is 14.6. The van der Waals surface area contributed by atoms with E-state index in [1.165, 1.54) is 16.9 Å². The fourth-order valence-electron chi connectivity index (χ4n) is 3.68. The first-order valence-corrected chi connectivity index (χ1v) is 11.0. The van der Waals surface area contributed by atoms with E-state index in [0.717, 1.165) is 43.1 Å². The van der Waals surface area contributed by atoms with Gasteiger partial charge in [0.1, 0.15) is 0 Å². The highest BCUT2D eigenvalue weighted by Crippen LogP contribution is 2.21. The number of nitrogens with zero attached hydrogens (tertiary/aromatic N) is 2. The molecule has 3 aromatic rings. The molecule has 1 aliphatic rings. The number of piperazine rings is 1. The van der Waals surface area contributed by atoms with Crippen LogP contribution in [-0.4, -0.2) is 42.9 Å². The topological polar surface area (TPSA) is 52.7 Å². The van der Waals surface area contributed by atoms with E-state index in [4.69, 9.17) is 0 Å². The van der Waals surface area contributed by atoms with Gasteiger partial charge in [0, 0.05) is 37.6 Å². The first-order valence-electron chi connectivity index (χ1n) is 10.1. The van der Waals surface area contributed by atoms with Crippen LogP contribution in [0.1, 0.15) is 20.8 Å². The predicted octanol–water partition coefficient (Wildman–Crippen LogP) is 4.20. The Morgan fingerprint density at radius 3 is 2.40 bits per heavy atom. The number of carbonyl (C=O) groups excluding carboxylic acids is 2. The summed E-state index contributed by atoms with van der Waals surface area (Å²) in [5.74, 6) is 0.102. The van der Waals surface area contributed by atoms with Crippen molar-refractivity contribution in [3.05, 3.63) is 82.0 Å². The van der Waals surface area contributed by atoms with Gasteiger partial charge in [-0.15, -0.1) is 11.3 Å². The van der Waals surface area contributed by atoms with E-state index in [1.807, 2.05) is 71.8 Å². The molecule has 0 aliphatic carbocycles. The van der Waals surface area contributed by atoms with Gasteiger partial charge < -0.3 is 15.1 Å². The minimum atomic E-state index is -0.0847. The Labute approximate surface area is 180 Å². The molecule has 5 nitrogen and oxygen atoms in total. The Hall–Kier alpha value is -3.12. The quantitative estimate of drug-likeness (QED) is 0.674. The average molecular weight is 420 g/mol. The summed E-state index contributed by atoms with van der Waals surface area (Å²) in [4.78, 5) is 29.7. The van der Waals surface area contributed by atoms with Crippen LogP contribution in [0.25, 0.3) is 0 Å². The summed E-state index contributed by atoms with van der Waals surface area (Å²) in [5, 5.41) is 4.82. The van der Waals surface area contributed by atoms with Crippen molar-refractivity contribution in [2.45, 2.75) is 13.3 Å². The molecule has 1 N–H and O–H groups in total. The smallest absolute Gasteiger partial charge is 0.265 e. The van der Waals surface area contributed by atoms with Crippen LogP contribution in [0.2, 0.25) is 0 Å². The van der Waals surface area contributed by atoms with Crippen molar-refractivity contribution in [1.29, 1.82) is 0 Å². The number of rotatable bonds is 5. The van der Waals surface area contributed by atoms with Crippen molar-refractivity contribution >= 4 is 34.5 Å². The highest BCUT2D eigenvalue weighted by molar-refractivity contribution is 7.12. The number of anilines is 2. The number of thiophene rings is 1. The van der Waals surface area contributed by atoms with Crippen molar-refractivity contribution < 1.29 is 9.59 Å². The van der Waals surface area contributed by atoms with Crippen LogP contribution in [-0.2, 0) is 11.2 Å². The van der Waals surface area contributed by atoms with E-state index in [9.17, 15) is 9.59 Å². The lowest BCUT2D eigenvalue weighted by molar-refractivity contribution is -0.130. The second kappa shape index (κ2) is 9.13. The maximum atomic E-state index is 12.6. The molecule has 2 aromatic carbocycles. The number of benzene rings is 2. The SMILES string of the molecule is Cc1cccc(CC(=O)N2CCN(c3ccc(NC(=O)c4cccs4)cc3)CC2)c1. The van der Waals surface area contributed by atoms with E-state index in [1.54, 1.807) is 0 Å². The molecule has 154 valence electrons. The van der Waals surface area contributed by atoms with Crippen molar-refractivity contribution in [2.75, 3.05) is 36.4 Å². The summed E-state index contributed by atoms with van der Waals surface area (Å²) in [6, 6.07) is 19.7. The standard InChI is InChI=1S/C24H25N3O2S/c1-18-4-2-5-19(16-18)17-23(28)27-13-11-26(12-14-27)21-9-7-20(8-10-21)25-24(29)22-6-3-15-30-22/h2-10,15-16H,11-14,17H2,1H3,(H,25,29). The molecule has 6 heteroatoms. The number of carbonyl (C=O) groups is 2. The molecular formula is C24H25N3O2S. The van der Waals surface area contributed by atoms with Crippen molar-refractivity contribution in [2.24, 2.45) is 0 Å². The molecule has 1 aliphatic heterocycles. The molecule has 30 heavy (non-hydrogen) atoms. The van der Waals surface area contributed by atoms with E-state index < -0.39 is 0 Å². The number of nitrogens with one attached hydrogen (secondary N) is 1. The van der Waals surface area contributed by atoms with Gasteiger partial charge in [-0.1, -0.05) is 35.9 Å². The second-order valence-electron chi connectivity index (χ2n) is 7.51. The van der Waals surface area contributed by atoms with Gasteiger partial charge in [-0.25, -0.2) is 0 Å². The molecule has 2 amide bonds. The van der Waals surface area contributed by atoms with Crippen LogP contribution in [0.5, 0.6) is 0 Å². The Bertz CT molecular complexity index is 1010. The summed E-state index contributed by atoms with van der Waals surface area (Å²) >= 11 is 1.43. The number of hydrogen-bond donors (Lipinski definition) is 1. The third kappa shape index (κ3) is 4.89. The monoisotopic (exact) mass is 419 g/mol. The molecule has 0 unspecified atom stereocenters. The zero-order chi connectivity index (χ0) is 20.9. The van der Waals surface area contributed by atoms with Crippen molar-refractivity contribution in [3.8, 4) is 0 Å². The third-order valence-electron chi connectivity index (χ3n) is 5.31. The summed E-state index contributed by atoms with van der Waals surface area (Å²) < 4.78 is 0. The largest absolute Gasteiger partial charge is 0.368 e. The van der Waals surface area contributed by atoms with Gasteiger partial charge in [0.05, 0.1) is 11.3 Å². The van der Waals surface area contributed by atoms with Gasteiger partial charge in [-0.05, 0) is 48.2 Å². The summed E-state index contributed by atoms with van der Waals surface area (Å²) in [6.45, 7) is 5.11. The van der Waals surface area contributed by atoms with Crippen LogP contribution in [0, 0.1) is 6.92 Å². The number of aryl methyl sites for hydroxylation is 1. The molecule has 2 heterocycles. The lowest BCUT2D eigenvalue weighted by Crippen LogP contribution is -2.49. The Kier molecular flexibility index (Phi) is 6.14. The summed E-state index contributed by atoms with van der Waals surface area (Å²) in [6.07, 6.45) is 0.459. The fourth-order valence-corrected chi connectivity index (χ4v) is 4.30. The van der Waals surface area contributed by atoms with Gasteiger partial charge in [0.15, 0.2) is 0 Å². The van der Waals surface area contributed by atoms with Crippen LogP contribution in [0.4, 0.5) is 11.4 Å². The number of hydrogen-bond acceptors (Lipinski definition) is 4. The van der Waals surface area contributed by atoms with Gasteiger partial charge in [0.25, 0.3) is 5.91 Å². The van der Waals surface area contributed by atoms with Gasteiger partial charge in [-0.3, -0.25) is 9.59 Å². The zero-order valence-corrected chi connectivity index (χ0v) is 17.8. The zero-order valence-electron chi connectivity index (χ0n) is 17.0. The molecule has 0 saturated carbocycles. The third-order valence-corrected chi connectivity index (χ3v) is 6.17. The van der Waals surface area contributed by atoms with Gasteiger partial charge in [0.2, 0.25) is 5.91 Å². The highest BCUT2D eigenvalue weighted by Gasteiger charge is 2.21. The van der Waals surface area contributed by atoms with E-state index in [-0.39, 0.29) is 11.8 Å². The van der Waals surface area contributed by atoms with Crippen LogP contribution in [0.15, 0.2) is 66.0 Å². The molecule has 1 fully saturated rings. The van der Waals surface area contributed by atoms with E-state index in [2.05, 4.69) is 16.3 Å². The average Bonchev–Trinajstić information content (AvgIpc) is 3.30. The Morgan fingerprint density at radius 1 is 0.967 bits per heavy atom. The molecule has 0 atom stereocenters. The minimum Gasteiger partial charge on any atom is -0.368 e. The van der Waals surface area contributed by atoms with Crippen LogP contribution >= 0.6 is 11.3 Å². The lowest BCUT2D eigenvalue weighted by atomic mass is 10.1. The maximum Gasteiger partial charge on any atom is 0.265 e. The molecular weight excluding hydrogens is 394 g/mol. The first kappa shape index (κ1) is 20.2. The van der Waals surface area contributed by atoms with Gasteiger partial charge >= 0.3 is 0 Å². The molecule has 4 rings (SSSR count). The van der Waals surface area contributed by atoms with E-state index in [0.29, 0.717) is 11.3 Å². The lowest BCUT2D eigenvalue weighted by Gasteiger charge is -2.36. The van der Waals surface area contributed by atoms with Crippen molar-refractivity contribution in [3.63, 3.8) is 0 Å².